The number of nitrogens with one attached hydrogen (secondary N) is 1. The summed E-state index contributed by atoms with van der Waals surface area (Å²) >= 11 is 14.5. The summed E-state index contributed by atoms with van der Waals surface area (Å²) in [6.07, 6.45) is 1.09. The van der Waals surface area contributed by atoms with Gasteiger partial charge in [0.2, 0.25) is 0 Å². The molecule has 114 valence electrons. The van der Waals surface area contributed by atoms with Crippen molar-refractivity contribution in [1.82, 2.24) is 5.32 Å². The SMILES string of the molecule is CCCNC(c1cc(C)c(Cl)cc1C)c1scc(C)c1Cl. The maximum absolute atomic E-state index is 6.50. The van der Waals surface area contributed by atoms with Crippen molar-refractivity contribution in [2.24, 2.45) is 0 Å². The minimum Gasteiger partial charge on any atom is -0.306 e. The van der Waals surface area contributed by atoms with Crippen molar-refractivity contribution in [3.8, 4) is 0 Å². The first-order chi connectivity index (χ1) is 9.95. The average molecular weight is 342 g/mol. The number of hydrogen-bond donors (Lipinski definition) is 1. The molecule has 1 aromatic carbocycles. The molecule has 0 aliphatic heterocycles. The Morgan fingerprint density at radius 2 is 1.81 bits per heavy atom. The van der Waals surface area contributed by atoms with Crippen LogP contribution in [-0.2, 0) is 0 Å². The Morgan fingerprint density at radius 3 is 2.38 bits per heavy atom. The van der Waals surface area contributed by atoms with E-state index in [4.69, 9.17) is 23.2 Å². The molecule has 0 saturated heterocycles. The maximum Gasteiger partial charge on any atom is 0.0688 e. The number of thiophene rings is 1. The highest BCUT2D eigenvalue weighted by atomic mass is 35.5. The Hall–Kier alpha value is -0.540. The van der Waals surface area contributed by atoms with Crippen LogP contribution >= 0.6 is 34.5 Å². The van der Waals surface area contributed by atoms with E-state index in [9.17, 15) is 0 Å². The summed E-state index contributed by atoms with van der Waals surface area (Å²) in [5, 5.41) is 7.44. The minimum atomic E-state index is 0.132. The third-order valence-corrected chi connectivity index (χ3v) is 5.83. The fourth-order valence-electron chi connectivity index (χ4n) is 2.39. The predicted octanol–water partition coefficient (Wildman–Crippen LogP) is 6.07. The molecule has 2 aromatic rings. The highest BCUT2D eigenvalue weighted by Crippen LogP contribution is 2.37. The van der Waals surface area contributed by atoms with Crippen molar-refractivity contribution < 1.29 is 0 Å². The number of halogens is 2. The summed E-state index contributed by atoms with van der Waals surface area (Å²) < 4.78 is 0. The van der Waals surface area contributed by atoms with E-state index < -0.39 is 0 Å². The molecule has 1 aromatic heterocycles. The van der Waals surface area contributed by atoms with Gasteiger partial charge in [-0.1, -0.05) is 36.2 Å². The molecule has 0 amide bonds. The minimum absolute atomic E-state index is 0.132. The molecule has 0 saturated carbocycles. The molecular weight excluding hydrogens is 321 g/mol. The Balaban J connectivity index is 2.50. The fourth-order valence-corrected chi connectivity index (χ4v) is 4.00. The summed E-state index contributed by atoms with van der Waals surface area (Å²) in [6, 6.07) is 4.35. The molecule has 2 rings (SSSR count). The average Bonchev–Trinajstić information content (AvgIpc) is 2.77. The second-order valence-electron chi connectivity index (χ2n) is 5.44. The van der Waals surface area contributed by atoms with Crippen LogP contribution < -0.4 is 5.32 Å². The normalized spacial score (nSPS) is 12.7. The van der Waals surface area contributed by atoms with Crippen LogP contribution in [0.1, 0.15) is 46.5 Å². The van der Waals surface area contributed by atoms with Crippen LogP contribution in [0.5, 0.6) is 0 Å². The van der Waals surface area contributed by atoms with Crippen LogP contribution in [0.3, 0.4) is 0 Å². The third kappa shape index (κ3) is 3.62. The van der Waals surface area contributed by atoms with E-state index in [0.29, 0.717) is 0 Å². The Labute approximate surface area is 141 Å². The van der Waals surface area contributed by atoms with Gasteiger partial charge in [0.05, 0.1) is 11.1 Å². The first-order valence-electron chi connectivity index (χ1n) is 7.19. The third-order valence-electron chi connectivity index (χ3n) is 3.64. The van der Waals surface area contributed by atoms with Crippen LogP contribution in [0.2, 0.25) is 10.0 Å². The smallest absolute Gasteiger partial charge is 0.0688 e. The molecule has 1 unspecified atom stereocenters. The van der Waals surface area contributed by atoms with Gasteiger partial charge in [-0.2, -0.15) is 0 Å². The molecule has 1 N–H and O–H groups in total. The van der Waals surface area contributed by atoms with Crippen LogP contribution in [0.15, 0.2) is 17.5 Å². The van der Waals surface area contributed by atoms with Crippen molar-refractivity contribution in [1.29, 1.82) is 0 Å². The standard InChI is InChI=1S/C17H21Cl2NS/c1-5-6-20-16(17-15(19)12(4)9-21-17)13-7-11(3)14(18)8-10(13)2/h7-9,16,20H,5-6H2,1-4H3. The van der Waals surface area contributed by atoms with Crippen molar-refractivity contribution in [2.75, 3.05) is 6.54 Å². The molecule has 0 spiro atoms. The van der Waals surface area contributed by atoms with Gasteiger partial charge in [0.15, 0.2) is 0 Å². The van der Waals surface area contributed by atoms with E-state index in [0.717, 1.165) is 34.1 Å². The van der Waals surface area contributed by atoms with Gasteiger partial charge in [0.25, 0.3) is 0 Å². The summed E-state index contributed by atoms with van der Waals surface area (Å²) in [5.41, 5.74) is 4.70. The van der Waals surface area contributed by atoms with Gasteiger partial charge in [-0.05, 0) is 67.4 Å². The van der Waals surface area contributed by atoms with Gasteiger partial charge in [-0.3, -0.25) is 0 Å². The number of rotatable bonds is 5. The van der Waals surface area contributed by atoms with E-state index in [1.165, 1.54) is 16.0 Å². The molecule has 0 aliphatic carbocycles. The molecule has 0 aliphatic rings. The van der Waals surface area contributed by atoms with E-state index in [1.807, 2.05) is 13.0 Å². The van der Waals surface area contributed by atoms with Crippen LogP contribution in [-0.4, -0.2) is 6.54 Å². The van der Waals surface area contributed by atoms with Crippen molar-refractivity contribution >= 4 is 34.5 Å². The second kappa shape index (κ2) is 7.15. The van der Waals surface area contributed by atoms with Gasteiger partial charge in [0, 0.05) is 9.90 Å². The molecule has 1 heterocycles. The van der Waals surface area contributed by atoms with Gasteiger partial charge < -0.3 is 5.32 Å². The Bertz CT molecular complexity index is 634. The molecular formula is C17H21Cl2NS. The molecule has 0 fully saturated rings. The van der Waals surface area contributed by atoms with Gasteiger partial charge >= 0.3 is 0 Å². The zero-order valence-corrected chi connectivity index (χ0v) is 15.2. The summed E-state index contributed by atoms with van der Waals surface area (Å²) in [6.45, 7) is 9.34. The molecule has 0 radical (unpaired) electrons. The lowest BCUT2D eigenvalue weighted by molar-refractivity contribution is 0.603. The second-order valence-corrected chi connectivity index (χ2v) is 7.14. The van der Waals surface area contributed by atoms with Crippen molar-refractivity contribution in [3.05, 3.63) is 54.7 Å². The van der Waals surface area contributed by atoms with Crippen LogP contribution in [0, 0.1) is 20.8 Å². The lowest BCUT2D eigenvalue weighted by Crippen LogP contribution is -2.23. The highest BCUT2D eigenvalue weighted by Gasteiger charge is 2.21. The molecule has 1 atom stereocenters. The zero-order valence-electron chi connectivity index (χ0n) is 12.9. The van der Waals surface area contributed by atoms with E-state index >= 15 is 0 Å². The van der Waals surface area contributed by atoms with E-state index in [-0.39, 0.29) is 6.04 Å². The van der Waals surface area contributed by atoms with Crippen molar-refractivity contribution in [3.63, 3.8) is 0 Å². The predicted molar refractivity (Wildman–Crippen MR) is 95.1 cm³/mol. The van der Waals surface area contributed by atoms with Gasteiger partial charge in [-0.15, -0.1) is 11.3 Å². The highest BCUT2D eigenvalue weighted by molar-refractivity contribution is 7.10. The quantitative estimate of drug-likeness (QED) is 0.695. The van der Waals surface area contributed by atoms with Crippen LogP contribution in [0.25, 0.3) is 0 Å². The number of benzene rings is 1. The summed E-state index contributed by atoms with van der Waals surface area (Å²) in [5.74, 6) is 0. The lowest BCUT2D eigenvalue weighted by atomic mass is 9.97. The van der Waals surface area contributed by atoms with Gasteiger partial charge in [0.1, 0.15) is 0 Å². The van der Waals surface area contributed by atoms with Crippen molar-refractivity contribution in [2.45, 2.75) is 40.2 Å². The lowest BCUT2D eigenvalue weighted by Gasteiger charge is -2.21. The Morgan fingerprint density at radius 1 is 1.10 bits per heavy atom. The summed E-state index contributed by atoms with van der Waals surface area (Å²) in [7, 11) is 0. The van der Waals surface area contributed by atoms with E-state index in [1.54, 1.807) is 11.3 Å². The number of aryl methyl sites for hydroxylation is 3. The Kier molecular flexibility index (Phi) is 5.73. The largest absolute Gasteiger partial charge is 0.306 e. The van der Waals surface area contributed by atoms with E-state index in [2.05, 4.69) is 37.5 Å². The first kappa shape index (κ1) is 16.8. The number of hydrogen-bond acceptors (Lipinski definition) is 2. The summed E-state index contributed by atoms with van der Waals surface area (Å²) in [4.78, 5) is 1.19. The molecule has 4 heteroatoms. The van der Waals surface area contributed by atoms with Gasteiger partial charge in [-0.25, -0.2) is 0 Å². The fraction of sp³-hybridized carbons (Fsp3) is 0.412. The topological polar surface area (TPSA) is 12.0 Å². The molecule has 21 heavy (non-hydrogen) atoms. The zero-order chi connectivity index (χ0) is 15.6. The molecule has 0 bridgehead atoms. The van der Waals surface area contributed by atoms with Crippen LogP contribution in [0.4, 0.5) is 0 Å². The maximum atomic E-state index is 6.50. The first-order valence-corrected chi connectivity index (χ1v) is 8.82. The molecule has 1 nitrogen and oxygen atoms in total. The monoisotopic (exact) mass is 341 g/mol.